The Hall–Kier alpha value is -2.58. The molecule has 3 aromatic rings. The highest BCUT2D eigenvalue weighted by Crippen LogP contribution is 2.33. The van der Waals surface area contributed by atoms with Gasteiger partial charge in [0.25, 0.3) is 0 Å². The highest BCUT2D eigenvalue weighted by atomic mass is 32.2. The summed E-state index contributed by atoms with van der Waals surface area (Å²) in [5.41, 5.74) is -0.816. The van der Waals surface area contributed by atoms with Gasteiger partial charge in [0, 0.05) is 27.4 Å². The first-order chi connectivity index (χ1) is 14.7. The van der Waals surface area contributed by atoms with Crippen molar-refractivity contribution in [2.24, 2.45) is 11.4 Å². The van der Waals surface area contributed by atoms with Gasteiger partial charge in [0.2, 0.25) is 0 Å². The molecule has 0 aliphatic carbocycles. The molecule has 9 nitrogen and oxygen atoms in total. The molecular weight excluding hydrogens is 469 g/mol. The van der Waals surface area contributed by atoms with Crippen LogP contribution in [0.25, 0.3) is 22.6 Å². The van der Waals surface area contributed by atoms with E-state index in [2.05, 4.69) is 19.3 Å². The van der Waals surface area contributed by atoms with Crippen LogP contribution in [0.15, 0.2) is 33.8 Å². The van der Waals surface area contributed by atoms with Crippen molar-refractivity contribution in [1.82, 2.24) is 23.8 Å². The van der Waals surface area contributed by atoms with E-state index in [4.69, 9.17) is 0 Å². The smallest absolute Gasteiger partial charge is 0.324 e. The van der Waals surface area contributed by atoms with E-state index in [1.54, 1.807) is 14.1 Å². The number of hydrogen-bond donors (Lipinski definition) is 0. The van der Waals surface area contributed by atoms with Crippen molar-refractivity contribution in [3.8, 4) is 11.5 Å². The Labute approximate surface area is 183 Å². The maximum atomic E-state index is 13.0. The van der Waals surface area contributed by atoms with Gasteiger partial charge in [-0.2, -0.15) is 17.5 Å². The van der Waals surface area contributed by atoms with E-state index >= 15 is 0 Å². The molecule has 14 heteroatoms. The molecule has 3 heterocycles. The van der Waals surface area contributed by atoms with E-state index in [0.29, 0.717) is 0 Å². The van der Waals surface area contributed by atoms with Crippen LogP contribution < -0.4 is 0 Å². The van der Waals surface area contributed by atoms with Gasteiger partial charge in [-0.25, -0.2) is 31.9 Å². The van der Waals surface area contributed by atoms with E-state index in [1.807, 2.05) is 0 Å². The van der Waals surface area contributed by atoms with E-state index in [-0.39, 0.29) is 38.9 Å². The van der Waals surface area contributed by atoms with E-state index < -0.39 is 31.6 Å². The third kappa shape index (κ3) is 4.47. The summed E-state index contributed by atoms with van der Waals surface area (Å²) in [6.45, 7) is 1.44. The second-order valence-electron chi connectivity index (χ2n) is 7.16. The summed E-state index contributed by atoms with van der Waals surface area (Å²) in [4.78, 5) is 11.6. The number of aromatic nitrogens is 4. The molecule has 0 saturated carbocycles. The average Bonchev–Trinajstić information content (AvgIpc) is 3.03. The number of halogens is 3. The summed E-state index contributed by atoms with van der Waals surface area (Å²) in [6, 6.07) is 2.03. The molecule has 0 bridgehead atoms. The van der Waals surface area contributed by atoms with Crippen LogP contribution in [0.5, 0.6) is 0 Å². The Morgan fingerprint density at radius 3 is 2.34 bits per heavy atom. The first-order valence-electron chi connectivity index (χ1n) is 9.20. The van der Waals surface area contributed by atoms with Gasteiger partial charge in [-0.3, -0.25) is 0 Å². The van der Waals surface area contributed by atoms with Crippen LogP contribution in [-0.4, -0.2) is 62.6 Å². The van der Waals surface area contributed by atoms with E-state index in [1.165, 1.54) is 41.4 Å². The van der Waals surface area contributed by atoms with Crippen LogP contribution in [0, 0.1) is 0 Å². The van der Waals surface area contributed by atoms with E-state index in [9.17, 15) is 25.8 Å². The summed E-state index contributed by atoms with van der Waals surface area (Å²) >= 11 is 0. The van der Waals surface area contributed by atoms with Gasteiger partial charge in [0.1, 0.15) is 21.3 Å². The van der Waals surface area contributed by atoms with Crippen LogP contribution >= 0.6 is 0 Å². The highest BCUT2D eigenvalue weighted by Gasteiger charge is 2.33. The number of fused-ring (bicyclic) bond motifs is 1. The molecule has 174 valence electrons. The minimum Gasteiger partial charge on any atom is -0.324 e. The second kappa shape index (κ2) is 8.08. The maximum Gasteiger partial charge on any atom is 0.433 e. The molecule has 0 fully saturated rings. The van der Waals surface area contributed by atoms with Crippen molar-refractivity contribution in [1.29, 1.82) is 0 Å². The monoisotopic (exact) mass is 490 g/mol. The van der Waals surface area contributed by atoms with Crippen molar-refractivity contribution < 1.29 is 25.8 Å². The number of aryl methyl sites for hydroxylation is 1. The Balaban J connectivity index is 2.29. The first kappa shape index (κ1) is 24.1. The lowest BCUT2D eigenvalue weighted by Gasteiger charge is -2.13. The van der Waals surface area contributed by atoms with Gasteiger partial charge in [-0.1, -0.05) is 6.92 Å². The van der Waals surface area contributed by atoms with Crippen LogP contribution in [0.4, 0.5) is 18.9 Å². The Morgan fingerprint density at radius 2 is 1.78 bits per heavy atom. The Kier molecular flexibility index (Phi) is 6.08. The summed E-state index contributed by atoms with van der Waals surface area (Å²) < 4.78 is 84.2. The van der Waals surface area contributed by atoms with Crippen molar-refractivity contribution in [3.05, 3.63) is 30.2 Å². The summed E-state index contributed by atoms with van der Waals surface area (Å²) in [7, 11) is -1.99. The van der Waals surface area contributed by atoms with Gasteiger partial charge < -0.3 is 4.57 Å². The number of imidazole rings is 1. The molecule has 3 rings (SSSR count). The van der Waals surface area contributed by atoms with Crippen molar-refractivity contribution in [2.75, 3.05) is 26.1 Å². The second-order valence-corrected chi connectivity index (χ2v) is 11.8. The molecule has 32 heavy (non-hydrogen) atoms. The van der Waals surface area contributed by atoms with Gasteiger partial charge in [0.15, 0.2) is 15.7 Å². The maximum absolute atomic E-state index is 13.0. The molecule has 1 unspecified atom stereocenters. The van der Waals surface area contributed by atoms with Gasteiger partial charge in [0.05, 0.1) is 39.8 Å². The molecule has 0 N–H and O–H groups in total. The van der Waals surface area contributed by atoms with Gasteiger partial charge in [-0.05, 0) is 12.1 Å². The number of alkyl halides is 3. The largest absolute Gasteiger partial charge is 0.433 e. The summed E-state index contributed by atoms with van der Waals surface area (Å²) in [6.07, 6.45) is -0.986. The first-order valence-corrected chi connectivity index (χ1v) is 12.7. The third-order valence-corrected chi connectivity index (χ3v) is 8.42. The fourth-order valence-corrected chi connectivity index (χ4v) is 4.48. The zero-order valence-corrected chi connectivity index (χ0v) is 19.5. The SMILES string of the molecule is CCS(=O)(=O)c1cc(N=S(C)(=O)N(C)C)cnc1-c1nc2cc(C(F)(F)F)ncc2n1C. The molecule has 0 spiro atoms. The zero-order chi connectivity index (χ0) is 24.1. The third-order valence-electron chi connectivity index (χ3n) is 4.78. The van der Waals surface area contributed by atoms with E-state index in [0.717, 1.165) is 12.3 Å². The number of pyridine rings is 2. The van der Waals surface area contributed by atoms with Crippen LogP contribution in [0.1, 0.15) is 12.6 Å². The Bertz CT molecular complexity index is 1420. The number of nitrogens with zero attached hydrogens (tertiary/aromatic N) is 6. The number of rotatable bonds is 5. The summed E-state index contributed by atoms with van der Waals surface area (Å²) in [5, 5.41) is 0. The molecule has 0 amide bonds. The van der Waals surface area contributed by atoms with Gasteiger partial charge in [-0.15, -0.1) is 0 Å². The number of hydrogen-bond acceptors (Lipinski definition) is 7. The molecule has 0 aliphatic heterocycles. The molecule has 0 aliphatic rings. The standard InChI is InChI=1S/C18H21F3N6O3S2/c1-6-32(29,30)14-7-11(25-31(5,28)26(2)3)9-23-16(14)17-24-12-8-15(18(19,20)21)22-10-13(12)27(17)4/h7-10H,6H2,1-5H3. The normalized spacial score (nSPS) is 14.7. The molecule has 1 atom stereocenters. The molecule has 0 aromatic carbocycles. The topological polar surface area (TPSA) is 110 Å². The minimum atomic E-state index is -4.65. The molecule has 0 radical (unpaired) electrons. The molecular formula is C18H21F3N6O3S2. The van der Waals surface area contributed by atoms with Crippen molar-refractivity contribution in [2.45, 2.75) is 18.0 Å². The van der Waals surface area contributed by atoms with Crippen molar-refractivity contribution in [3.63, 3.8) is 0 Å². The highest BCUT2D eigenvalue weighted by molar-refractivity contribution is 7.91. The molecule has 3 aromatic heterocycles. The van der Waals surface area contributed by atoms with Crippen LogP contribution in [0.2, 0.25) is 0 Å². The van der Waals surface area contributed by atoms with Gasteiger partial charge >= 0.3 is 6.18 Å². The Morgan fingerprint density at radius 1 is 1.12 bits per heavy atom. The minimum absolute atomic E-state index is 0.00980. The lowest BCUT2D eigenvalue weighted by molar-refractivity contribution is -0.141. The quantitative estimate of drug-likeness (QED) is 0.544. The van der Waals surface area contributed by atoms with Crippen LogP contribution in [-0.2, 0) is 33.0 Å². The predicted octanol–water partition coefficient (Wildman–Crippen LogP) is 3.05. The average molecular weight is 491 g/mol. The molecule has 0 saturated heterocycles. The zero-order valence-electron chi connectivity index (χ0n) is 17.9. The fraction of sp³-hybridized carbons (Fsp3) is 0.389. The predicted molar refractivity (Wildman–Crippen MR) is 114 cm³/mol. The fourth-order valence-electron chi connectivity index (χ4n) is 2.78. The van der Waals surface area contributed by atoms with Crippen molar-refractivity contribution >= 4 is 36.5 Å². The summed E-state index contributed by atoms with van der Waals surface area (Å²) in [5.74, 6) is -0.214. The van der Waals surface area contributed by atoms with Crippen LogP contribution in [0.3, 0.4) is 0 Å². The lowest BCUT2D eigenvalue weighted by Crippen LogP contribution is -2.19. The lowest BCUT2D eigenvalue weighted by atomic mass is 10.3. The number of sulfone groups is 1.